The van der Waals surface area contributed by atoms with Crippen LogP contribution in [0.5, 0.6) is 5.75 Å². The molecule has 1 amide bonds. The summed E-state index contributed by atoms with van der Waals surface area (Å²) in [6.45, 7) is 2.40. The van der Waals surface area contributed by atoms with Gasteiger partial charge in [0.25, 0.3) is 5.56 Å². The van der Waals surface area contributed by atoms with E-state index in [-0.39, 0.29) is 17.9 Å². The minimum absolute atomic E-state index is 0.119. The van der Waals surface area contributed by atoms with Gasteiger partial charge in [0.15, 0.2) is 0 Å². The molecule has 164 valence electrons. The van der Waals surface area contributed by atoms with Crippen molar-refractivity contribution in [2.75, 3.05) is 13.7 Å². The van der Waals surface area contributed by atoms with Crippen molar-refractivity contribution in [3.05, 3.63) is 86.8 Å². The first-order chi connectivity index (χ1) is 15.4. The van der Waals surface area contributed by atoms with Gasteiger partial charge in [-0.15, -0.1) is 0 Å². The van der Waals surface area contributed by atoms with E-state index in [1.807, 2.05) is 55.6 Å². The van der Waals surface area contributed by atoms with E-state index in [0.29, 0.717) is 17.3 Å². The summed E-state index contributed by atoms with van der Waals surface area (Å²) in [5.74, 6) is 0.575. The summed E-state index contributed by atoms with van der Waals surface area (Å²) in [6.07, 6.45) is 1.95. The van der Waals surface area contributed by atoms with Gasteiger partial charge in [-0.05, 0) is 48.4 Å². The molecule has 0 aliphatic carbocycles. The summed E-state index contributed by atoms with van der Waals surface area (Å²) in [4.78, 5) is 30.1. The molecule has 1 N–H and O–H groups in total. The van der Waals surface area contributed by atoms with Crippen molar-refractivity contribution < 1.29 is 9.53 Å². The van der Waals surface area contributed by atoms with Crippen LogP contribution in [0.1, 0.15) is 36.1 Å². The summed E-state index contributed by atoms with van der Waals surface area (Å²) < 4.78 is 7.03. The van der Waals surface area contributed by atoms with Crippen molar-refractivity contribution in [2.45, 2.75) is 19.4 Å². The van der Waals surface area contributed by atoms with Crippen LogP contribution in [0.4, 0.5) is 0 Å². The number of aryl methyl sites for hydroxylation is 1. The molecule has 1 aliphatic rings. The molecule has 1 atom stereocenters. The number of pyridine rings is 1. The number of nitrogens with zero attached hydrogens (tertiary/aromatic N) is 2. The maximum absolute atomic E-state index is 12.5. The fourth-order valence-corrected chi connectivity index (χ4v) is 4.09. The summed E-state index contributed by atoms with van der Waals surface area (Å²) >= 11 is 6.12. The molecule has 4 rings (SSSR count). The second-order valence-electron chi connectivity index (χ2n) is 7.66. The topological polar surface area (TPSA) is 72.7 Å². The molecule has 0 saturated heterocycles. The van der Waals surface area contributed by atoms with Crippen LogP contribution in [0.25, 0.3) is 11.1 Å². The normalized spacial score (nSPS) is 14.6. The van der Waals surface area contributed by atoms with E-state index < -0.39 is 6.04 Å². The molecule has 6 nitrogen and oxygen atoms in total. The van der Waals surface area contributed by atoms with Gasteiger partial charge in [-0.25, -0.2) is 0 Å². The number of halogens is 1. The molecular formula is C25H24ClN3O3. The third-order valence-corrected chi connectivity index (χ3v) is 5.80. The molecule has 0 bridgehead atoms. The Kier molecular flexibility index (Phi) is 6.15. The van der Waals surface area contributed by atoms with Crippen LogP contribution < -0.4 is 15.6 Å². The van der Waals surface area contributed by atoms with Crippen molar-refractivity contribution in [1.82, 2.24) is 9.88 Å². The number of carbonyl (C=O) groups excluding carboxylic acids is 1. The number of hydrogen-bond acceptors (Lipinski definition) is 4. The molecule has 1 aromatic heterocycles. The highest BCUT2D eigenvalue weighted by Gasteiger charge is 2.27. The Bertz CT molecular complexity index is 1260. The Morgan fingerprint density at radius 1 is 1.12 bits per heavy atom. The molecule has 0 spiro atoms. The van der Waals surface area contributed by atoms with Gasteiger partial charge in [0.1, 0.15) is 5.75 Å². The van der Waals surface area contributed by atoms with Crippen molar-refractivity contribution >= 4 is 23.2 Å². The van der Waals surface area contributed by atoms with Crippen LogP contribution in [-0.2, 0) is 11.8 Å². The van der Waals surface area contributed by atoms with Crippen LogP contribution in [0.2, 0.25) is 5.02 Å². The summed E-state index contributed by atoms with van der Waals surface area (Å²) in [7, 11) is 3.34. The first-order valence-corrected chi connectivity index (χ1v) is 10.8. The van der Waals surface area contributed by atoms with Crippen molar-refractivity contribution in [3.63, 3.8) is 0 Å². The predicted octanol–water partition coefficient (Wildman–Crippen LogP) is 4.13. The largest absolute Gasteiger partial charge is 0.497 e. The quantitative estimate of drug-likeness (QED) is 0.636. The maximum Gasteiger partial charge on any atom is 0.250 e. The van der Waals surface area contributed by atoms with Gasteiger partial charge in [0, 0.05) is 47.6 Å². The molecule has 2 aromatic carbocycles. The number of carbonyl (C=O) groups is 1. The van der Waals surface area contributed by atoms with Gasteiger partial charge in [-0.2, -0.15) is 0 Å². The van der Waals surface area contributed by atoms with Crippen molar-refractivity contribution in [1.29, 1.82) is 0 Å². The van der Waals surface area contributed by atoms with E-state index in [1.165, 1.54) is 0 Å². The number of aliphatic imine (C=N–C) groups is 1. The molecular weight excluding hydrogens is 426 g/mol. The molecule has 3 aromatic rings. The molecule has 1 aliphatic heterocycles. The first-order valence-electron chi connectivity index (χ1n) is 10.4. The number of hydrogen-bond donors (Lipinski definition) is 1. The average molecular weight is 450 g/mol. The average Bonchev–Trinajstić information content (AvgIpc) is 2.90. The highest BCUT2D eigenvalue weighted by molar-refractivity contribution is 6.30. The minimum atomic E-state index is -0.519. The smallest absolute Gasteiger partial charge is 0.250 e. The Morgan fingerprint density at radius 3 is 2.56 bits per heavy atom. The highest BCUT2D eigenvalue weighted by atomic mass is 35.5. The lowest BCUT2D eigenvalue weighted by Gasteiger charge is -2.16. The van der Waals surface area contributed by atoms with E-state index in [0.717, 1.165) is 33.5 Å². The lowest BCUT2D eigenvalue weighted by atomic mass is 9.91. The minimum Gasteiger partial charge on any atom is -0.497 e. The van der Waals surface area contributed by atoms with Crippen LogP contribution >= 0.6 is 11.6 Å². The zero-order valence-corrected chi connectivity index (χ0v) is 18.9. The van der Waals surface area contributed by atoms with Crippen LogP contribution in [0.3, 0.4) is 0 Å². The monoisotopic (exact) mass is 449 g/mol. The third-order valence-electron chi connectivity index (χ3n) is 5.55. The third kappa shape index (κ3) is 4.18. The van der Waals surface area contributed by atoms with E-state index in [9.17, 15) is 9.59 Å². The lowest BCUT2D eigenvalue weighted by Crippen LogP contribution is -2.25. The predicted molar refractivity (Wildman–Crippen MR) is 127 cm³/mol. The fourth-order valence-electron chi connectivity index (χ4n) is 3.96. The number of amides is 1. The Hall–Kier alpha value is -3.38. The molecule has 0 radical (unpaired) electrons. The fraction of sp³-hybridized carbons (Fsp3) is 0.240. The summed E-state index contributed by atoms with van der Waals surface area (Å²) in [6, 6.07) is 14.3. The summed E-state index contributed by atoms with van der Waals surface area (Å²) in [5.41, 5.74) is 4.82. The number of methoxy groups -OCH3 is 1. The van der Waals surface area contributed by atoms with Crippen molar-refractivity contribution in [2.24, 2.45) is 12.0 Å². The van der Waals surface area contributed by atoms with Crippen LogP contribution in [0.15, 0.2) is 64.5 Å². The molecule has 7 heteroatoms. The number of aromatic nitrogens is 1. The van der Waals surface area contributed by atoms with E-state index >= 15 is 0 Å². The summed E-state index contributed by atoms with van der Waals surface area (Å²) in [5, 5.41) is 3.47. The molecule has 2 heterocycles. The number of nitrogens with one attached hydrogen (secondary N) is 1. The second kappa shape index (κ2) is 9.01. The number of benzene rings is 2. The van der Waals surface area contributed by atoms with E-state index in [1.54, 1.807) is 24.8 Å². The zero-order valence-electron chi connectivity index (χ0n) is 18.2. The van der Waals surface area contributed by atoms with Gasteiger partial charge in [0.2, 0.25) is 5.91 Å². The lowest BCUT2D eigenvalue weighted by molar-refractivity contribution is -0.121. The van der Waals surface area contributed by atoms with E-state index in [2.05, 4.69) is 5.32 Å². The second-order valence-corrected chi connectivity index (χ2v) is 8.10. The van der Waals surface area contributed by atoms with E-state index in [4.69, 9.17) is 21.3 Å². The Labute approximate surface area is 191 Å². The highest BCUT2D eigenvalue weighted by Crippen LogP contribution is 2.39. The SMILES string of the molecule is CCNC(=O)C[C@H]1N=C(c2ccc(Cl)cc2)c2cc(OC)ccc2-c2cn(C)c(=O)cc21. The first kappa shape index (κ1) is 21.8. The Balaban J connectivity index is 2.02. The van der Waals surface area contributed by atoms with Gasteiger partial charge in [0.05, 0.1) is 25.3 Å². The van der Waals surface area contributed by atoms with Gasteiger partial charge < -0.3 is 14.6 Å². The molecule has 0 unspecified atom stereocenters. The van der Waals surface area contributed by atoms with Crippen LogP contribution in [-0.4, -0.2) is 29.8 Å². The van der Waals surface area contributed by atoms with Gasteiger partial charge in [-0.3, -0.25) is 14.6 Å². The van der Waals surface area contributed by atoms with Gasteiger partial charge in [-0.1, -0.05) is 23.7 Å². The maximum atomic E-state index is 12.5. The zero-order chi connectivity index (χ0) is 22.8. The van der Waals surface area contributed by atoms with Crippen LogP contribution in [0, 0.1) is 0 Å². The molecule has 0 fully saturated rings. The van der Waals surface area contributed by atoms with Gasteiger partial charge >= 0.3 is 0 Å². The van der Waals surface area contributed by atoms with Crippen molar-refractivity contribution in [3.8, 4) is 16.9 Å². The standard InChI is InChI=1S/C25H24ClN3O3/c1-4-27-23(30)13-22-19-12-24(31)29(2)14-21(19)18-10-9-17(32-3)11-20(18)25(28-22)15-5-7-16(26)8-6-15/h5-12,14,22H,4,13H2,1-3H3,(H,27,30)/t22-/m1/s1. The number of fused-ring (bicyclic) bond motifs is 3. The molecule has 32 heavy (non-hydrogen) atoms. The number of rotatable bonds is 5. The number of ether oxygens (including phenoxy) is 1. The Morgan fingerprint density at radius 2 is 1.88 bits per heavy atom. The molecule has 0 saturated carbocycles.